The Morgan fingerprint density at radius 2 is 1.75 bits per heavy atom. The molecule has 1 N–H and O–H groups in total. The fourth-order valence-corrected chi connectivity index (χ4v) is 4.04. The van der Waals surface area contributed by atoms with Crippen LogP contribution in [0.2, 0.25) is 0 Å². The Kier molecular flexibility index (Phi) is 3.96. The molecule has 0 aromatic rings. The fraction of sp³-hybridized carbons (Fsp3) is 0.867. The maximum atomic E-state index is 12.2. The zero-order valence-electron chi connectivity index (χ0n) is 12.0. The molecule has 0 radical (unpaired) electrons. The number of carboxylic acid groups (broad SMARTS) is 1. The Balaban J connectivity index is 1.72. The highest BCUT2D eigenvalue weighted by Crippen LogP contribution is 2.37. The highest BCUT2D eigenvalue weighted by atomic mass is 16.4. The van der Waals surface area contributed by atoms with Gasteiger partial charge in [0.2, 0.25) is 5.91 Å². The Labute approximate surface area is 119 Å². The first-order valence-corrected chi connectivity index (χ1v) is 7.93. The third-order valence-corrected chi connectivity index (χ3v) is 5.32. The van der Waals surface area contributed by atoms with Crippen molar-refractivity contribution in [1.82, 2.24) is 9.80 Å². The van der Waals surface area contributed by atoms with Gasteiger partial charge in [0.05, 0.1) is 6.54 Å². The monoisotopic (exact) mass is 280 g/mol. The van der Waals surface area contributed by atoms with E-state index < -0.39 is 12.0 Å². The minimum atomic E-state index is -0.759. The highest BCUT2D eigenvalue weighted by molar-refractivity contribution is 5.80. The number of carbonyl (C=O) groups excluding carboxylic acids is 1. The predicted octanol–water partition coefficient (Wildman–Crippen LogP) is 1.33. The van der Waals surface area contributed by atoms with Crippen LogP contribution in [0.3, 0.4) is 0 Å². The van der Waals surface area contributed by atoms with Crippen LogP contribution in [0.15, 0.2) is 0 Å². The van der Waals surface area contributed by atoms with Crippen LogP contribution in [0, 0.1) is 5.92 Å². The molecule has 0 spiro atoms. The van der Waals surface area contributed by atoms with E-state index in [0.717, 1.165) is 32.4 Å². The second-order valence-corrected chi connectivity index (χ2v) is 6.45. The molecule has 1 saturated carbocycles. The van der Waals surface area contributed by atoms with Gasteiger partial charge in [-0.15, -0.1) is 0 Å². The first-order chi connectivity index (χ1) is 9.66. The van der Waals surface area contributed by atoms with Gasteiger partial charge in [0.25, 0.3) is 0 Å². The van der Waals surface area contributed by atoms with Gasteiger partial charge in [0, 0.05) is 19.1 Å². The number of likely N-dealkylation sites (tertiary alicyclic amines) is 2. The van der Waals surface area contributed by atoms with Gasteiger partial charge in [-0.05, 0) is 38.0 Å². The van der Waals surface area contributed by atoms with Crippen LogP contribution in [0.5, 0.6) is 0 Å². The lowest BCUT2D eigenvalue weighted by Gasteiger charge is -2.47. The van der Waals surface area contributed by atoms with Crippen LogP contribution in [0.25, 0.3) is 0 Å². The van der Waals surface area contributed by atoms with E-state index in [2.05, 4.69) is 0 Å². The van der Waals surface area contributed by atoms with Gasteiger partial charge in [-0.25, -0.2) is 0 Å². The number of fused-ring (bicyclic) bond motifs is 1. The number of aliphatic carboxylic acids is 1. The summed E-state index contributed by atoms with van der Waals surface area (Å²) in [5.74, 6) is -0.0392. The molecule has 0 aromatic carbocycles. The zero-order chi connectivity index (χ0) is 14.1. The van der Waals surface area contributed by atoms with E-state index in [1.54, 1.807) is 0 Å². The van der Waals surface area contributed by atoms with Crippen molar-refractivity contribution in [2.24, 2.45) is 5.92 Å². The van der Waals surface area contributed by atoms with Crippen LogP contribution < -0.4 is 0 Å². The molecule has 2 saturated heterocycles. The van der Waals surface area contributed by atoms with Crippen molar-refractivity contribution in [2.45, 2.75) is 57.0 Å². The minimum absolute atomic E-state index is 0.119. The summed E-state index contributed by atoms with van der Waals surface area (Å²) in [6, 6.07) is -0.150. The SMILES string of the molecule is O=C(O)C1CCC2CCCCC2N1CC(=O)N1CCC1. The van der Waals surface area contributed by atoms with Crippen molar-refractivity contribution >= 4 is 11.9 Å². The van der Waals surface area contributed by atoms with E-state index in [4.69, 9.17) is 0 Å². The molecule has 3 rings (SSSR count). The van der Waals surface area contributed by atoms with Crippen molar-refractivity contribution < 1.29 is 14.7 Å². The number of carbonyl (C=O) groups is 2. The standard InChI is InChI=1S/C15H24N2O3/c18-14(16-8-3-9-16)10-17-12-5-2-1-4-11(12)6-7-13(17)15(19)20/h11-13H,1-10H2,(H,19,20). The van der Waals surface area contributed by atoms with Gasteiger partial charge >= 0.3 is 5.97 Å². The molecule has 5 nitrogen and oxygen atoms in total. The fourth-order valence-electron chi connectivity index (χ4n) is 4.04. The lowest BCUT2D eigenvalue weighted by atomic mass is 9.76. The van der Waals surface area contributed by atoms with Crippen LogP contribution in [0.4, 0.5) is 0 Å². The molecule has 1 amide bonds. The molecule has 5 heteroatoms. The Hall–Kier alpha value is -1.10. The van der Waals surface area contributed by atoms with Crippen LogP contribution in [0.1, 0.15) is 44.9 Å². The molecule has 3 aliphatic rings. The average Bonchev–Trinajstić information content (AvgIpc) is 2.36. The van der Waals surface area contributed by atoms with Crippen molar-refractivity contribution in [3.63, 3.8) is 0 Å². The first kappa shape index (κ1) is 13.9. The smallest absolute Gasteiger partial charge is 0.320 e. The topological polar surface area (TPSA) is 60.9 Å². The van der Waals surface area contributed by atoms with E-state index >= 15 is 0 Å². The number of rotatable bonds is 3. The molecule has 2 aliphatic heterocycles. The Morgan fingerprint density at radius 3 is 2.40 bits per heavy atom. The normalized spacial score (nSPS) is 34.2. The van der Waals surface area contributed by atoms with E-state index in [1.165, 1.54) is 19.3 Å². The van der Waals surface area contributed by atoms with Crippen LogP contribution >= 0.6 is 0 Å². The number of hydrogen-bond donors (Lipinski definition) is 1. The lowest BCUT2D eigenvalue weighted by Crippen LogP contribution is -2.58. The third-order valence-electron chi connectivity index (χ3n) is 5.32. The third kappa shape index (κ3) is 2.55. The van der Waals surface area contributed by atoms with Crippen molar-refractivity contribution in [3.8, 4) is 0 Å². The van der Waals surface area contributed by atoms with Gasteiger partial charge in [0.15, 0.2) is 0 Å². The first-order valence-electron chi connectivity index (χ1n) is 7.93. The van der Waals surface area contributed by atoms with Crippen molar-refractivity contribution in [1.29, 1.82) is 0 Å². The van der Waals surface area contributed by atoms with Gasteiger partial charge < -0.3 is 10.0 Å². The summed E-state index contributed by atoms with van der Waals surface area (Å²) in [7, 11) is 0. The Morgan fingerprint density at radius 1 is 1.00 bits per heavy atom. The van der Waals surface area contributed by atoms with Gasteiger partial charge in [-0.3, -0.25) is 14.5 Å². The second-order valence-electron chi connectivity index (χ2n) is 6.45. The van der Waals surface area contributed by atoms with Gasteiger partial charge in [-0.2, -0.15) is 0 Å². The molecule has 0 aromatic heterocycles. The number of piperidine rings is 1. The maximum absolute atomic E-state index is 12.2. The second kappa shape index (κ2) is 5.72. The van der Waals surface area contributed by atoms with Crippen LogP contribution in [-0.2, 0) is 9.59 Å². The number of amides is 1. The zero-order valence-corrected chi connectivity index (χ0v) is 12.0. The van der Waals surface area contributed by atoms with Crippen molar-refractivity contribution in [3.05, 3.63) is 0 Å². The molecule has 3 atom stereocenters. The molecular formula is C15H24N2O3. The summed E-state index contributed by atoms with van der Waals surface area (Å²) < 4.78 is 0. The van der Waals surface area contributed by atoms with E-state index in [9.17, 15) is 14.7 Å². The molecule has 20 heavy (non-hydrogen) atoms. The van der Waals surface area contributed by atoms with E-state index in [0.29, 0.717) is 24.9 Å². The summed E-state index contributed by atoms with van der Waals surface area (Å²) >= 11 is 0. The summed E-state index contributed by atoms with van der Waals surface area (Å²) in [4.78, 5) is 27.6. The summed E-state index contributed by atoms with van der Waals surface area (Å²) in [5.41, 5.74) is 0. The predicted molar refractivity (Wildman–Crippen MR) is 74.3 cm³/mol. The lowest BCUT2D eigenvalue weighted by molar-refractivity contribution is -0.151. The largest absolute Gasteiger partial charge is 0.480 e. The molecule has 3 unspecified atom stereocenters. The number of carboxylic acids is 1. The molecule has 1 aliphatic carbocycles. The molecule has 112 valence electrons. The van der Waals surface area contributed by atoms with Crippen LogP contribution in [-0.4, -0.2) is 58.5 Å². The minimum Gasteiger partial charge on any atom is -0.480 e. The highest BCUT2D eigenvalue weighted by Gasteiger charge is 2.42. The average molecular weight is 280 g/mol. The number of hydrogen-bond acceptors (Lipinski definition) is 3. The van der Waals surface area contributed by atoms with Gasteiger partial charge in [0.1, 0.15) is 6.04 Å². The molecular weight excluding hydrogens is 256 g/mol. The molecule has 2 heterocycles. The summed E-state index contributed by atoms with van der Waals surface area (Å²) in [6.07, 6.45) is 7.47. The summed E-state index contributed by atoms with van der Waals surface area (Å²) in [5, 5.41) is 9.46. The van der Waals surface area contributed by atoms with Gasteiger partial charge in [-0.1, -0.05) is 12.8 Å². The Bertz CT molecular complexity index is 395. The van der Waals surface area contributed by atoms with E-state index in [1.807, 2.05) is 9.80 Å². The van der Waals surface area contributed by atoms with E-state index in [-0.39, 0.29) is 5.91 Å². The van der Waals surface area contributed by atoms with Crippen molar-refractivity contribution in [2.75, 3.05) is 19.6 Å². The maximum Gasteiger partial charge on any atom is 0.320 e. The quantitative estimate of drug-likeness (QED) is 0.847. The molecule has 0 bridgehead atoms. The number of nitrogens with zero attached hydrogens (tertiary/aromatic N) is 2. The molecule has 3 fully saturated rings. The summed E-state index contributed by atoms with van der Waals surface area (Å²) in [6.45, 7) is 2.00.